The number of halogens is 1. The van der Waals surface area contributed by atoms with Crippen molar-refractivity contribution in [1.82, 2.24) is 9.97 Å². The SMILES string of the molecule is Cc1cc(F)ccc1-c1ccc(N=Nc2cc(S(=O)(=O)O)c3cccnc3c2N)cn1. The monoisotopic (exact) mass is 437 g/mol. The van der Waals surface area contributed by atoms with Gasteiger partial charge < -0.3 is 5.73 Å². The molecule has 0 radical (unpaired) electrons. The number of benzene rings is 2. The van der Waals surface area contributed by atoms with Crippen molar-refractivity contribution in [2.75, 3.05) is 5.73 Å². The third-order valence-electron chi connectivity index (χ3n) is 4.64. The van der Waals surface area contributed by atoms with Gasteiger partial charge in [-0.05, 0) is 61.0 Å². The molecule has 4 aromatic rings. The van der Waals surface area contributed by atoms with Crippen molar-refractivity contribution in [2.45, 2.75) is 11.8 Å². The second-order valence-electron chi connectivity index (χ2n) is 6.74. The molecular formula is C21H16FN5O3S. The van der Waals surface area contributed by atoms with Gasteiger partial charge in [-0.1, -0.05) is 0 Å². The molecule has 0 unspecified atom stereocenters. The first kappa shape index (κ1) is 20.5. The number of aryl methyl sites for hydroxylation is 1. The molecule has 0 fully saturated rings. The quantitative estimate of drug-likeness (QED) is 0.263. The summed E-state index contributed by atoms with van der Waals surface area (Å²) >= 11 is 0. The molecule has 0 amide bonds. The van der Waals surface area contributed by atoms with E-state index in [4.69, 9.17) is 5.73 Å². The lowest BCUT2D eigenvalue weighted by molar-refractivity contribution is 0.484. The maximum atomic E-state index is 13.3. The number of hydrogen-bond donors (Lipinski definition) is 2. The number of nitrogens with zero attached hydrogens (tertiary/aromatic N) is 4. The van der Waals surface area contributed by atoms with E-state index >= 15 is 0 Å². The minimum atomic E-state index is -4.53. The van der Waals surface area contributed by atoms with Crippen LogP contribution in [0.3, 0.4) is 0 Å². The Morgan fingerprint density at radius 2 is 1.87 bits per heavy atom. The standard InChI is InChI=1S/C21H16FN5O3S/c1-12-9-13(22)4-6-15(12)17-7-5-14(11-25-17)26-27-18-10-19(31(28,29)30)16-3-2-8-24-21(16)20(18)23/h2-11H,23H2,1H3,(H,28,29,30). The minimum absolute atomic E-state index is 0.0391. The first-order valence-electron chi connectivity index (χ1n) is 9.03. The Labute approximate surface area is 177 Å². The first-order valence-corrected chi connectivity index (χ1v) is 10.5. The van der Waals surface area contributed by atoms with Crippen LogP contribution in [0.5, 0.6) is 0 Å². The maximum Gasteiger partial charge on any atom is 0.295 e. The molecule has 0 spiro atoms. The number of fused-ring (bicyclic) bond motifs is 1. The Hall–Kier alpha value is -3.76. The van der Waals surface area contributed by atoms with Crippen molar-refractivity contribution >= 4 is 38.1 Å². The van der Waals surface area contributed by atoms with E-state index in [0.717, 1.165) is 17.2 Å². The largest absolute Gasteiger partial charge is 0.395 e. The molecule has 2 aromatic heterocycles. The van der Waals surface area contributed by atoms with E-state index in [-0.39, 0.29) is 33.0 Å². The highest BCUT2D eigenvalue weighted by Gasteiger charge is 2.19. The summed E-state index contributed by atoms with van der Waals surface area (Å²) in [6.07, 6.45) is 2.92. The second-order valence-corrected chi connectivity index (χ2v) is 8.13. The molecule has 4 rings (SSSR count). The summed E-state index contributed by atoms with van der Waals surface area (Å²) in [5.74, 6) is -0.321. The van der Waals surface area contributed by atoms with Gasteiger partial charge in [0.15, 0.2) is 0 Å². The summed E-state index contributed by atoms with van der Waals surface area (Å²) in [6.45, 7) is 1.79. The van der Waals surface area contributed by atoms with E-state index in [1.165, 1.54) is 36.7 Å². The summed E-state index contributed by atoms with van der Waals surface area (Å²) in [4.78, 5) is 8.05. The number of nitrogen functional groups attached to an aromatic ring is 1. The third-order valence-corrected chi connectivity index (χ3v) is 5.53. The summed E-state index contributed by atoms with van der Waals surface area (Å²) in [7, 11) is -4.53. The van der Waals surface area contributed by atoms with Crippen molar-refractivity contribution in [3.05, 3.63) is 72.3 Å². The highest BCUT2D eigenvalue weighted by molar-refractivity contribution is 7.86. The lowest BCUT2D eigenvalue weighted by Gasteiger charge is -2.08. The number of hydrogen-bond acceptors (Lipinski definition) is 7. The van der Waals surface area contributed by atoms with Crippen LogP contribution in [0.4, 0.5) is 21.5 Å². The van der Waals surface area contributed by atoms with Gasteiger partial charge in [-0.15, -0.1) is 10.2 Å². The van der Waals surface area contributed by atoms with Crippen LogP contribution in [0.15, 0.2) is 76.0 Å². The van der Waals surface area contributed by atoms with E-state index in [2.05, 4.69) is 20.2 Å². The van der Waals surface area contributed by atoms with Crippen LogP contribution >= 0.6 is 0 Å². The number of anilines is 1. The van der Waals surface area contributed by atoms with Crippen molar-refractivity contribution < 1.29 is 17.4 Å². The van der Waals surface area contributed by atoms with Gasteiger partial charge in [-0.25, -0.2) is 4.39 Å². The summed E-state index contributed by atoms with van der Waals surface area (Å²) in [5, 5.41) is 8.27. The fraction of sp³-hybridized carbons (Fsp3) is 0.0476. The summed E-state index contributed by atoms with van der Waals surface area (Å²) in [5.41, 5.74) is 8.99. The Morgan fingerprint density at radius 3 is 2.55 bits per heavy atom. The number of rotatable bonds is 4. The third kappa shape index (κ3) is 4.11. The molecule has 0 atom stereocenters. The van der Waals surface area contributed by atoms with Crippen LogP contribution in [-0.4, -0.2) is 22.9 Å². The smallest absolute Gasteiger partial charge is 0.295 e. The molecule has 2 heterocycles. The summed E-state index contributed by atoms with van der Waals surface area (Å²) < 4.78 is 46.4. The van der Waals surface area contributed by atoms with E-state index in [9.17, 15) is 17.4 Å². The zero-order chi connectivity index (χ0) is 22.2. The molecule has 0 aliphatic heterocycles. The number of pyridine rings is 2. The Balaban J connectivity index is 1.71. The van der Waals surface area contributed by atoms with Gasteiger partial charge in [0, 0.05) is 17.1 Å². The first-order chi connectivity index (χ1) is 14.7. The van der Waals surface area contributed by atoms with Crippen LogP contribution in [0.2, 0.25) is 0 Å². The van der Waals surface area contributed by atoms with Gasteiger partial charge in [-0.2, -0.15) is 8.42 Å². The molecule has 0 aliphatic carbocycles. The lowest BCUT2D eigenvalue weighted by atomic mass is 10.1. The van der Waals surface area contributed by atoms with E-state index in [1.54, 1.807) is 25.1 Å². The van der Waals surface area contributed by atoms with Gasteiger partial charge >= 0.3 is 0 Å². The highest BCUT2D eigenvalue weighted by atomic mass is 32.2. The van der Waals surface area contributed by atoms with E-state index in [1.807, 2.05) is 0 Å². The van der Waals surface area contributed by atoms with Crippen LogP contribution in [0.25, 0.3) is 22.2 Å². The Kier molecular flexibility index (Phi) is 5.17. The second kappa shape index (κ2) is 7.82. The van der Waals surface area contributed by atoms with Gasteiger partial charge in [-0.3, -0.25) is 14.5 Å². The van der Waals surface area contributed by atoms with Crippen LogP contribution < -0.4 is 5.73 Å². The van der Waals surface area contributed by atoms with Crippen LogP contribution in [-0.2, 0) is 10.1 Å². The molecule has 2 aromatic carbocycles. The average molecular weight is 437 g/mol. The Morgan fingerprint density at radius 1 is 1.06 bits per heavy atom. The van der Waals surface area contributed by atoms with Crippen molar-refractivity contribution in [3.8, 4) is 11.3 Å². The zero-order valence-electron chi connectivity index (χ0n) is 16.2. The zero-order valence-corrected chi connectivity index (χ0v) is 17.0. The molecule has 0 aliphatic rings. The van der Waals surface area contributed by atoms with Crippen molar-refractivity contribution in [2.24, 2.45) is 10.2 Å². The molecule has 0 bridgehead atoms. The van der Waals surface area contributed by atoms with E-state index < -0.39 is 10.1 Å². The molecule has 31 heavy (non-hydrogen) atoms. The minimum Gasteiger partial charge on any atom is -0.395 e. The molecule has 10 heteroatoms. The summed E-state index contributed by atoms with van der Waals surface area (Å²) in [6, 6.07) is 12.0. The van der Waals surface area contributed by atoms with Gasteiger partial charge in [0.25, 0.3) is 10.1 Å². The lowest BCUT2D eigenvalue weighted by Crippen LogP contribution is -2.01. The molecule has 3 N–H and O–H groups in total. The fourth-order valence-corrected chi connectivity index (χ4v) is 3.85. The van der Waals surface area contributed by atoms with Gasteiger partial charge in [0.1, 0.15) is 22.1 Å². The van der Waals surface area contributed by atoms with Crippen molar-refractivity contribution in [1.29, 1.82) is 0 Å². The van der Waals surface area contributed by atoms with E-state index in [0.29, 0.717) is 11.4 Å². The molecule has 0 saturated carbocycles. The Bertz CT molecular complexity index is 1440. The van der Waals surface area contributed by atoms with Crippen molar-refractivity contribution in [3.63, 3.8) is 0 Å². The maximum absolute atomic E-state index is 13.3. The highest BCUT2D eigenvalue weighted by Crippen LogP contribution is 2.35. The number of aromatic nitrogens is 2. The predicted octanol–water partition coefficient (Wildman–Crippen LogP) is 4.99. The number of nitrogens with two attached hydrogens (primary N) is 1. The van der Waals surface area contributed by atoms with Gasteiger partial charge in [0.2, 0.25) is 0 Å². The normalized spacial score (nSPS) is 12.0. The fourth-order valence-electron chi connectivity index (χ4n) is 3.15. The predicted molar refractivity (Wildman–Crippen MR) is 115 cm³/mol. The van der Waals surface area contributed by atoms with Crippen LogP contribution in [0, 0.1) is 12.7 Å². The average Bonchev–Trinajstić information content (AvgIpc) is 2.73. The van der Waals surface area contributed by atoms with Gasteiger partial charge in [0.05, 0.1) is 23.1 Å². The van der Waals surface area contributed by atoms with Crippen LogP contribution in [0.1, 0.15) is 5.56 Å². The molecular weight excluding hydrogens is 421 g/mol. The molecule has 0 saturated heterocycles. The number of azo groups is 1. The molecule has 8 nitrogen and oxygen atoms in total. The topological polar surface area (TPSA) is 131 Å². The molecule has 156 valence electrons.